The summed E-state index contributed by atoms with van der Waals surface area (Å²) in [6, 6.07) is 9.88. The van der Waals surface area contributed by atoms with Gasteiger partial charge in [0, 0.05) is 30.5 Å². The van der Waals surface area contributed by atoms with E-state index in [2.05, 4.69) is 11.0 Å². The second kappa shape index (κ2) is 6.71. The number of amides is 1. The van der Waals surface area contributed by atoms with E-state index in [1.165, 1.54) is 10.5 Å². The van der Waals surface area contributed by atoms with Crippen molar-refractivity contribution < 1.29 is 14.6 Å². The van der Waals surface area contributed by atoms with E-state index in [0.29, 0.717) is 6.54 Å². The summed E-state index contributed by atoms with van der Waals surface area (Å²) in [6.07, 6.45) is 2.60. The predicted molar refractivity (Wildman–Crippen MR) is 86.3 cm³/mol. The lowest BCUT2D eigenvalue weighted by Crippen LogP contribution is -2.30. The topological polar surface area (TPSA) is 76.8 Å². The third kappa shape index (κ3) is 3.30. The van der Waals surface area contributed by atoms with Gasteiger partial charge in [-0.25, -0.2) is 4.79 Å². The number of cyclic esters (lactones) is 1. The van der Waals surface area contributed by atoms with Gasteiger partial charge < -0.3 is 14.7 Å². The van der Waals surface area contributed by atoms with Crippen LogP contribution >= 0.6 is 0 Å². The lowest BCUT2D eigenvalue weighted by Gasteiger charge is -2.30. The summed E-state index contributed by atoms with van der Waals surface area (Å²) >= 11 is 0. The molecule has 120 valence electrons. The molecule has 0 bridgehead atoms. The average molecular weight is 313 g/mol. The molecule has 2 aliphatic heterocycles. The SMILES string of the molecule is N#CC=C1CCN(c2ccc(N3C[C@H](CO)OC3=O)cc2)CC1. The summed E-state index contributed by atoms with van der Waals surface area (Å²) in [5, 5.41) is 17.8. The molecule has 0 radical (unpaired) electrons. The number of nitrogens with zero attached hydrogens (tertiary/aromatic N) is 3. The van der Waals surface area contributed by atoms with Crippen LogP contribution in [0.4, 0.5) is 16.2 Å². The van der Waals surface area contributed by atoms with Crippen LogP contribution in [-0.4, -0.2) is 43.5 Å². The fourth-order valence-electron chi connectivity index (χ4n) is 2.96. The number of nitriles is 1. The monoisotopic (exact) mass is 313 g/mol. The Bertz CT molecular complexity index is 638. The minimum atomic E-state index is -0.449. The van der Waals surface area contributed by atoms with Gasteiger partial charge in [-0.05, 0) is 37.1 Å². The van der Waals surface area contributed by atoms with Gasteiger partial charge in [0.25, 0.3) is 0 Å². The molecule has 2 aliphatic rings. The highest BCUT2D eigenvalue weighted by Gasteiger charge is 2.31. The lowest BCUT2D eigenvalue weighted by atomic mass is 10.0. The van der Waals surface area contributed by atoms with Gasteiger partial charge in [-0.3, -0.25) is 4.90 Å². The zero-order chi connectivity index (χ0) is 16.2. The molecule has 1 amide bonds. The predicted octanol–water partition coefficient (Wildman–Crippen LogP) is 2.05. The highest BCUT2D eigenvalue weighted by atomic mass is 16.6. The molecule has 1 atom stereocenters. The number of rotatable bonds is 3. The summed E-state index contributed by atoms with van der Waals surface area (Å²) in [6.45, 7) is 2.00. The van der Waals surface area contributed by atoms with Crippen molar-refractivity contribution >= 4 is 17.5 Å². The van der Waals surface area contributed by atoms with Gasteiger partial charge in [0.2, 0.25) is 0 Å². The van der Waals surface area contributed by atoms with E-state index in [9.17, 15) is 4.79 Å². The third-order valence-electron chi connectivity index (χ3n) is 4.28. The van der Waals surface area contributed by atoms with Crippen LogP contribution in [0.15, 0.2) is 35.9 Å². The first-order valence-corrected chi connectivity index (χ1v) is 7.73. The second-order valence-corrected chi connectivity index (χ2v) is 5.73. The summed E-state index contributed by atoms with van der Waals surface area (Å²) in [7, 11) is 0. The summed E-state index contributed by atoms with van der Waals surface area (Å²) in [4.78, 5) is 15.6. The number of piperidine rings is 1. The molecule has 3 rings (SSSR count). The standard InChI is InChI=1S/C17H19N3O3/c18-8-5-13-6-9-19(10-7-13)14-1-3-15(4-2-14)20-11-16(12-21)23-17(20)22/h1-5,16,21H,6-7,9-12H2/t16-/m1/s1. The molecule has 0 unspecified atom stereocenters. The van der Waals surface area contributed by atoms with Crippen molar-refractivity contribution in [2.75, 3.05) is 36.0 Å². The molecule has 1 aromatic rings. The van der Waals surface area contributed by atoms with Crippen molar-refractivity contribution in [2.24, 2.45) is 0 Å². The van der Waals surface area contributed by atoms with Gasteiger partial charge in [-0.2, -0.15) is 5.26 Å². The molecule has 1 N–H and O–H groups in total. The maximum absolute atomic E-state index is 11.8. The van der Waals surface area contributed by atoms with Crippen molar-refractivity contribution in [3.63, 3.8) is 0 Å². The lowest BCUT2D eigenvalue weighted by molar-refractivity contribution is 0.0963. The zero-order valence-corrected chi connectivity index (χ0v) is 12.8. The molecular formula is C17H19N3O3. The maximum Gasteiger partial charge on any atom is 0.414 e. The van der Waals surface area contributed by atoms with Crippen LogP contribution in [0.3, 0.4) is 0 Å². The van der Waals surface area contributed by atoms with Crippen molar-refractivity contribution in [3.05, 3.63) is 35.9 Å². The number of aliphatic hydroxyl groups excluding tert-OH is 1. The van der Waals surface area contributed by atoms with Crippen LogP contribution in [0.2, 0.25) is 0 Å². The summed E-state index contributed by atoms with van der Waals surface area (Å²) < 4.78 is 5.05. The van der Waals surface area contributed by atoms with Crippen molar-refractivity contribution in [1.29, 1.82) is 5.26 Å². The van der Waals surface area contributed by atoms with E-state index in [4.69, 9.17) is 15.1 Å². The van der Waals surface area contributed by atoms with Crippen LogP contribution in [0.25, 0.3) is 0 Å². The van der Waals surface area contributed by atoms with E-state index in [1.54, 1.807) is 6.08 Å². The van der Waals surface area contributed by atoms with Gasteiger partial charge in [0.15, 0.2) is 0 Å². The number of hydrogen-bond acceptors (Lipinski definition) is 5. The van der Waals surface area contributed by atoms with Gasteiger partial charge >= 0.3 is 6.09 Å². The Morgan fingerprint density at radius 2 is 1.91 bits per heavy atom. The summed E-state index contributed by atoms with van der Waals surface area (Å²) in [5.41, 5.74) is 3.09. The van der Waals surface area contributed by atoms with Crippen LogP contribution in [-0.2, 0) is 4.74 Å². The van der Waals surface area contributed by atoms with E-state index < -0.39 is 12.2 Å². The minimum Gasteiger partial charge on any atom is -0.441 e. The zero-order valence-electron chi connectivity index (χ0n) is 12.8. The third-order valence-corrected chi connectivity index (χ3v) is 4.28. The number of hydrogen-bond donors (Lipinski definition) is 1. The Kier molecular flexibility index (Phi) is 4.49. The van der Waals surface area contributed by atoms with Crippen LogP contribution in [0.5, 0.6) is 0 Å². The number of carbonyl (C=O) groups excluding carboxylic acids is 1. The molecule has 23 heavy (non-hydrogen) atoms. The minimum absolute atomic E-state index is 0.160. The Labute approximate surface area is 135 Å². The van der Waals surface area contributed by atoms with Gasteiger partial charge in [0.05, 0.1) is 19.2 Å². The average Bonchev–Trinajstić information content (AvgIpc) is 2.97. The molecule has 6 nitrogen and oxygen atoms in total. The number of allylic oxidation sites excluding steroid dienone is 1. The molecule has 0 aliphatic carbocycles. The Morgan fingerprint density at radius 3 is 2.48 bits per heavy atom. The van der Waals surface area contributed by atoms with Crippen LogP contribution in [0.1, 0.15) is 12.8 Å². The number of aliphatic hydroxyl groups is 1. The molecule has 2 fully saturated rings. The Hall–Kier alpha value is -2.52. The van der Waals surface area contributed by atoms with Gasteiger partial charge in [-0.15, -0.1) is 0 Å². The fraction of sp³-hybridized carbons (Fsp3) is 0.412. The number of anilines is 2. The first-order chi connectivity index (χ1) is 11.2. The largest absolute Gasteiger partial charge is 0.441 e. The van der Waals surface area contributed by atoms with Crippen LogP contribution in [0, 0.1) is 11.3 Å². The molecule has 0 saturated carbocycles. The van der Waals surface area contributed by atoms with Gasteiger partial charge in [0.1, 0.15) is 6.10 Å². The molecule has 1 aromatic carbocycles. The van der Waals surface area contributed by atoms with Crippen molar-refractivity contribution in [3.8, 4) is 6.07 Å². The van der Waals surface area contributed by atoms with Crippen molar-refractivity contribution in [2.45, 2.75) is 18.9 Å². The quantitative estimate of drug-likeness (QED) is 0.864. The van der Waals surface area contributed by atoms with E-state index in [-0.39, 0.29) is 6.61 Å². The number of carbonyl (C=O) groups is 1. The first-order valence-electron chi connectivity index (χ1n) is 7.73. The summed E-state index contributed by atoms with van der Waals surface area (Å²) in [5.74, 6) is 0. The van der Waals surface area contributed by atoms with E-state index >= 15 is 0 Å². The second-order valence-electron chi connectivity index (χ2n) is 5.73. The van der Waals surface area contributed by atoms with Crippen molar-refractivity contribution in [1.82, 2.24) is 0 Å². The highest BCUT2D eigenvalue weighted by molar-refractivity contribution is 5.90. The molecule has 0 spiro atoms. The van der Waals surface area contributed by atoms with Crippen LogP contribution < -0.4 is 9.80 Å². The fourth-order valence-corrected chi connectivity index (χ4v) is 2.96. The first kappa shape index (κ1) is 15.4. The van der Waals surface area contributed by atoms with E-state index in [1.807, 2.05) is 24.3 Å². The van der Waals surface area contributed by atoms with E-state index in [0.717, 1.165) is 37.3 Å². The number of ether oxygens (including phenoxy) is 1. The Balaban J connectivity index is 1.65. The van der Waals surface area contributed by atoms with Gasteiger partial charge in [-0.1, -0.05) is 5.57 Å². The maximum atomic E-state index is 11.8. The molecule has 2 saturated heterocycles. The smallest absolute Gasteiger partial charge is 0.414 e. The normalized spacial score (nSPS) is 21.1. The highest BCUT2D eigenvalue weighted by Crippen LogP contribution is 2.27. The molecule has 2 heterocycles. The number of benzene rings is 1. The Morgan fingerprint density at radius 1 is 1.26 bits per heavy atom. The molecular weight excluding hydrogens is 294 g/mol. The molecule has 6 heteroatoms. The molecule has 0 aromatic heterocycles.